The van der Waals surface area contributed by atoms with E-state index in [1.165, 1.54) is 0 Å². The van der Waals surface area contributed by atoms with E-state index in [9.17, 15) is 4.79 Å². The normalized spacial score (nSPS) is 18.6. The Balaban J connectivity index is 1.40. The summed E-state index contributed by atoms with van der Waals surface area (Å²) in [5.41, 5.74) is 2.91. The van der Waals surface area contributed by atoms with Crippen molar-refractivity contribution < 1.29 is 4.79 Å². The highest BCUT2D eigenvalue weighted by molar-refractivity contribution is 5.80. The third-order valence-electron chi connectivity index (χ3n) is 5.47. The van der Waals surface area contributed by atoms with Crippen molar-refractivity contribution in [1.82, 2.24) is 14.9 Å². The molecule has 0 atom stereocenters. The summed E-state index contributed by atoms with van der Waals surface area (Å²) >= 11 is 0. The molecule has 2 aliphatic rings. The molecule has 132 valence electrons. The Morgan fingerprint density at radius 2 is 1.76 bits per heavy atom. The maximum atomic E-state index is 12.1. The number of aryl methyl sites for hydroxylation is 1. The zero-order valence-corrected chi connectivity index (χ0v) is 15.1. The number of carbonyl (C=O) groups excluding carboxylic acids is 1. The SMILES string of the molecule is Cc1nc2ccccc2nc1N1CCC(CN(C)C(=O)C2CC2)CC1. The second-order valence-corrected chi connectivity index (χ2v) is 7.54. The highest BCUT2D eigenvalue weighted by atomic mass is 16.2. The van der Waals surface area contributed by atoms with Gasteiger partial charge < -0.3 is 9.80 Å². The average molecular weight is 338 g/mol. The van der Waals surface area contributed by atoms with Gasteiger partial charge in [0.2, 0.25) is 5.91 Å². The summed E-state index contributed by atoms with van der Waals surface area (Å²) in [4.78, 5) is 26.0. The van der Waals surface area contributed by atoms with Gasteiger partial charge in [0, 0.05) is 32.6 Å². The predicted octanol–water partition coefficient (Wildman–Crippen LogP) is 3.02. The lowest BCUT2D eigenvalue weighted by Gasteiger charge is -2.35. The first kappa shape index (κ1) is 16.3. The Kier molecular flexibility index (Phi) is 4.32. The molecule has 1 aromatic heterocycles. The monoisotopic (exact) mass is 338 g/mol. The molecule has 2 fully saturated rings. The van der Waals surface area contributed by atoms with Crippen LogP contribution in [-0.4, -0.2) is 47.5 Å². The maximum absolute atomic E-state index is 12.1. The van der Waals surface area contributed by atoms with Crippen LogP contribution in [0.3, 0.4) is 0 Å². The van der Waals surface area contributed by atoms with Crippen LogP contribution in [0.1, 0.15) is 31.4 Å². The molecular weight excluding hydrogens is 312 g/mol. The zero-order chi connectivity index (χ0) is 17.4. The summed E-state index contributed by atoms with van der Waals surface area (Å²) in [6.07, 6.45) is 4.38. The Morgan fingerprint density at radius 3 is 2.40 bits per heavy atom. The highest BCUT2D eigenvalue weighted by Gasteiger charge is 2.33. The number of nitrogens with zero attached hydrogens (tertiary/aromatic N) is 4. The summed E-state index contributed by atoms with van der Waals surface area (Å²) in [5, 5.41) is 0. The van der Waals surface area contributed by atoms with E-state index in [2.05, 4.69) is 4.90 Å². The number of anilines is 1. The van der Waals surface area contributed by atoms with Crippen LogP contribution in [0.25, 0.3) is 11.0 Å². The van der Waals surface area contributed by atoms with Gasteiger partial charge in [-0.15, -0.1) is 0 Å². The van der Waals surface area contributed by atoms with Crippen LogP contribution in [0.5, 0.6) is 0 Å². The third kappa shape index (κ3) is 3.46. The molecular formula is C20H26N4O. The van der Waals surface area contributed by atoms with E-state index in [0.29, 0.717) is 17.7 Å². The third-order valence-corrected chi connectivity index (χ3v) is 5.47. The largest absolute Gasteiger partial charge is 0.355 e. The topological polar surface area (TPSA) is 49.3 Å². The lowest BCUT2D eigenvalue weighted by Crippen LogP contribution is -2.40. The minimum atomic E-state index is 0.320. The van der Waals surface area contributed by atoms with Crippen molar-refractivity contribution in [2.24, 2.45) is 11.8 Å². The highest BCUT2D eigenvalue weighted by Crippen LogP contribution is 2.31. The van der Waals surface area contributed by atoms with Crippen molar-refractivity contribution >= 4 is 22.8 Å². The van der Waals surface area contributed by atoms with Crippen molar-refractivity contribution in [3.8, 4) is 0 Å². The van der Waals surface area contributed by atoms with Crippen molar-refractivity contribution in [2.45, 2.75) is 32.6 Å². The van der Waals surface area contributed by atoms with E-state index in [1.807, 2.05) is 43.1 Å². The molecule has 1 saturated carbocycles. The van der Waals surface area contributed by atoms with Crippen LogP contribution in [0, 0.1) is 18.8 Å². The van der Waals surface area contributed by atoms with E-state index in [0.717, 1.165) is 67.9 Å². The molecule has 1 amide bonds. The minimum Gasteiger partial charge on any atom is -0.355 e. The van der Waals surface area contributed by atoms with Gasteiger partial charge in [-0.1, -0.05) is 12.1 Å². The molecule has 0 N–H and O–H groups in total. The average Bonchev–Trinajstić information content (AvgIpc) is 3.46. The molecule has 1 aliphatic carbocycles. The summed E-state index contributed by atoms with van der Waals surface area (Å²) in [5.74, 6) is 2.27. The van der Waals surface area contributed by atoms with Crippen molar-refractivity contribution in [3.05, 3.63) is 30.0 Å². The van der Waals surface area contributed by atoms with Crippen LogP contribution >= 0.6 is 0 Å². The summed E-state index contributed by atoms with van der Waals surface area (Å²) in [6.45, 7) is 4.92. The van der Waals surface area contributed by atoms with Gasteiger partial charge in [0.25, 0.3) is 0 Å². The van der Waals surface area contributed by atoms with Crippen LogP contribution in [0.2, 0.25) is 0 Å². The van der Waals surface area contributed by atoms with Crippen molar-refractivity contribution in [3.63, 3.8) is 0 Å². The van der Waals surface area contributed by atoms with Crippen LogP contribution in [-0.2, 0) is 4.79 Å². The molecule has 1 saturated heterocycles. The first-order valence-corrected chi connectivity index (χ1v) is 9.35. The van der Waals surface area contributed by atoms with E-state index < -0.39 is 0 Å². The van der Waals surface area contributed by atoms with Gasteiger partial charge in [-0.3, -0.25) is 4.79 Å². The number of carbonyl (C=O) groups is 1. The van der Waals surface area contributed by atoms with E-state index in [1.54, 1.807) is 0 Å². The Labute approximate surface area is 149 Å². The molecule has 2 heterocycles. The number of benzene rings is 1. The Morgan fingerprint density at radius 1 is 1.12 bits per heavy atom. The van der Waals surface area contributed by atoms with Crippen molar-refractivity contribution in [2.75, 3.05) is 31.6 Å². The van der Waals surface area contributed by atoms with Gasteiger partial charge in [0.15, 0.2) is 5.82 Å². The van der Waals surface area contributed by atoms with Gasteiger partial charge in [0.05, 0.1) is 16.7 Å². The smallest absolute Gasteiger partial charge is 0.225 e. The van der Waals surface area contributed by atoms with Gasteiger partial charge in [-0.25, -0.2) is 9.97 Å². The molecule has 25 heavy (non-hydrogen) atoms. The quantitative estimate of drug-likeness (QED) is 0.860. The number of hydrogen-bond donors (Lipinski definition) is 0. The fourth-order valence-electron chi connectivity index (χ4n) is 3.83. The number of hydrogen-bond acceptors (Lipinski definition) is 4. The first-order valence-electron chi connectivity index (χ1n) is 9.35. The molecule has 0 unspecified atom stereocenters. The molecule has 1 aliphatic heterocycles. The number of piperidine rings is 1. The van der Waals surface area contributed by atoms with Crippen LogP contribution in [0.4, 0.5) is 5.82 Å². The Hall–Kier alpha value is -2.17. The maximum Gasteiger partial charge on any atom is 0.225 e. The molecule has 2 aromatic rings. The molecule has 5 heteroatoms. The summed E-state index contributed by atoms with van der Waals surface area (Å²) < 4.78 is 0. The van der Waals surface area contributed by atoms with E-state index >= 15 is 0 Å². The van der Waals surface area contributed by atoms with E-state index in [-0.39, 0.29) is 0 Å². The summed E-state index contributed by atoms with van der Waals surface area (Å²) in [7, 11) is 1.96. The first-order chi connectivity index (χ1) is 12.1. The van der Waals surface area contributed by atoms with Gasteiger partial charge in [0.1, 0.15) is 0 Å². The Bertz CT molecular complexity index is 778. The van der Waals surface area contributed by atoms with Crippen LogP contribution in [0.15, 0.2) is 24.3 Å². The summed E-state index contributed by atoms with van der Waals surface area (Å²) in [6, 6.07) is 8.05. The fourth-order valence-corrected chi connectivity index (χ4v) is 3.83. The lowest BCUT2D eigenvalue weighted by atomic mass is 9.96. The molecule has 0 spiro atoms. The van der Waals surface area contributed by atoms with Gasteiger partial charge >= 0.3 is 0 Å². The predicted molar refractivity (Wildman–Crippen MR) is 99.6 cm³/mol. The second kappa shape index (κ2) is 6.62. The van der Waals surface area contributed by atoms with Crippen molar-refractivity contribution in [1.29, 1.82) is 0 Å². The zero-order valence-electron chi connectivity index (χ0n) is 15.1. The molecule has 5 nitrogen and oxygen atoms in total. The molecule has 0 bridgehead atoms. The number of amides is 1. The minimum absolute atomic E-state index is 0.320. The number of rotatable bonds is 4. The fraction of sp³-hybridized carbons (Fsp3) is 0.550. The molecule has 0 radical (unpaired) electrons. The lowest BCUT2D eigenvalue weighted by molar-refractivity contribution is -0.131. The van der Waals surface area contributed by atoms with Gasteiger partial charge in [-0.2, -0.15) is 0 Å². The molecule has 4 rings (SSSR count). The standard InChI is InChI=1S/C20H26N4O/c1-14-19(22-18-6-4-3-5-17(18)21-14)24-11-9-15(10-12-24)13-23(2)20(25)16-7-8-16/h3-6,15-16H,7-13H2,1-2H3. The number of fused-ring (bicyclic) bond motifs is 1. The van der Waals surface area contributed by atoms with Gasteiger partial charge in [-0.05, 0) is 50.7 Å². The number of para-hydroxylation sites is 2. The number of aromatic nitrogens is 2. The molecule has 1 aromatic carbocycles. The van der Waals surface area contributed by atoms with Crippen LogP contribution < -0.4 is 4.90 Å². The second-order valence-electron chi connectivity index (χ2n) is 7.54. The van der Waals surface area contributed by atoms with E-state index in [4.69, 9.17) is 9.97 Å².